The van der Waals surface area contributed by atoms with Crippen molar-refractivity contribution in [2.75, 3.05) is 7.11 Å². The van der Waals surface area contributed by atoms with Crippen molar-refractivity contribution in [1.29, 1.82) is 0 Å². The molecule has 0 aliphatic carbocycles. The molecule has 1 aromatic carbocycles. The molecule has 1 atom stereocenters. The fourth-order valence-electron chi connectivity index (χ4n) is 1.80. The number of hydrogen-bond acceptors (Lipinski definition) is 5. The van der Waals surface area contributed by atoms with Crippen molar-refractivity contribution in [1.82, 2.24) is 10.3 Å². The fraction of sp³-hybridized carbons (Fsp3) is 0.286. The summed E-state index contributed by atoms with van der Waals surface area (Å²) in [5, 5.41) is 14.3. The summed E-state index contributed by atoms with van der Waals surface area (Å²) in [5.74, 6) is -1.10. The second-order valence-electron chi connectivity index (χ2n) is 4.56. The van der Waals surface area contributed by atoms with Crippen molar-refractivity contribution in [3.8, 4) is 5.75 Å². The molecule has 0 radical (unpaired) electrons. The van der Waals surface area contributed by atoms with Crippen LogP contribution in [0.3, 0.4) is 0 Å². The van der Waals surface area contributed by atoms with Crippen LogP contribution in [0.2, 0.25) is 5.02 Å². The lowest BCUT2D eigenvalue weighted by atomic mass is 10.2. The lowest BCUT2D eigenvalue weighted by Gasteiger charge is -2.13. The molecule has 0 aliphatic heterocycles. The number of methoxy groups -OCH3 is 1. The van der Waals surface area contributed by atoms with Gasteiger partial charge in [-0.15, -0.1) is 11.3 Å². The molecule has 22 heavy (non-hydrogen) atoms. The zero-order valence-corrected chi connectivity index (χ0v) is 13.5. The van der Waals surface area contributed by atoms with E-state index < -0.39 is 11.8 Å². The van der Waals surface area contributed by atoms with E-state index in [1.54, 1.807) is 0 Å². The van der Waals surface area contributed by atoms with E-state index in [1.807, 2.05) is 6.92 Å². The van der Waals surface area contributed by atoms with Gasteiger partial charge < -0.3 is 15.2 Å². The van der Waals surface area contributed by atoms with Gasteiger partial charge in [-0.05, 0) is 19.1 Å². The van der Waals surface area contributed by atoms with Gasteiger partial charge in [-0.2, -0.15) is 0 Å². The van der Waals surface area contributed by atoms with Gasteiger partial charge in [-0.25, -0.2) is 14.2 Å². The van der Waals surface area contributed by atoms with E-state index in [0.717, 1.165) is 0 Å². The Labute approximate surface area is 135 Å². The molecule has 8 heteroatoms. The number of halogens is 2. The number of ether oxygens (including phenoxy) is 1. The monoisotopic (exact) mass is 344 g/mol. The first-order chi connectivity index (χ1) is 10.4. The first kappa shape index (κ1) is 16.7. The highest BCUT2D eigenvalue weighted by Gasteiger charge is 2.15. The van der Waals surface area contributed by atoms with Gasteiger partial charge >= 0.3 is 5.97 Å². The Morgan fingerprint density at radius 2 is 2.32 bits per heavy atom. The first-order valence-electron chi connectivity index (χ1n) is 6.36. The van der Waals surface area contributed by atoms with Crippen molar-refractivity contribution in [2.24, 2.45) is 0 Å². The van der Waals surface area contributed by atoms with Crippen LogP contribution in [-0.4, -0.2) is 23.2 Å². The second-order valence-corrected chi connectivity index (χ2v) is 5.85. The maximum Gasteiger partial charge on any atom is 0.355 e. The van der Waals surface area contributed by atoms with E-state index in [1.165, 1.54) is 36.0 Å². The number of aromatic carboxylic acids is 1. The van der Waals surface area contributed by atoms with Gasteiger partial charge in [-0.3, -0.25) is 0 Å². The van der Waals surface area contributed by atoms with E-state index in [4.69, 9.17) is 21.4 Å². The molecule has 0 saturated heterocycles. The molecular weight excluding hydrogens is 331 g/mol. The Kier molecular flexibility index (Phi) is 5.33. The number of nitrogens with zero attached hydrogens (tertiary/aromatic N) is 1. The highest BCUT2D eigenvalue weighted by atomic mass is 35.5. The van der Waals surface area contributed by atoms with E-state index in [-0.39, 0.29) is 23.3 Å². The number of nitrogens with one attached hydrogen (secondary N) is 1. The minimum atomic E-state index is -1.07. The third-order valence-corrected chi connectivity index (χ3v) is 4.35. The van der Waals surface area contributed by atoms with E-state index in [0.29, 0.717) is 16.3 Å². The average molecular weight is 345 g/mol. The number of thiazole rings is 1. The van der Waals surface area contributed by atoms with Crippen LogP contribution in [0.5, 0.6) is 5.75 Å². The zero-order valence-electron chi connectivity index (χ0n) is 11.9. The second kappa shape index (κ2) is 7.04. The van der Waals surface area contributed by atoms with Crippen LogP contribution in [0.15, 0.2) is 17.5 Å². The topological polar surface area (TPSA) is 71.5 Å². The van der Waals surface area contributed by atoms with E-state index in [9.17, 15) is 9.18 Å². The first-order valence-corrected chi connectivity index (χ1v) is 7.62. The van der Waals surface area contributed by atoms with Gasteiger partial charge in [0.25, 0.3) is 0 Å². The fourth-order valence-corrected chi connectivity index (χ4v) is 2.85. The lowest BCUT2D eigenvalue weighted by Crippen LogP contribution is -2.19. The van der Waals surface area contributed by atoms with Crippen LogP contribution in [0.25, 0.3) is 0 Å². The zero-order chi connectivity index (χ0) is 16.3. The van der Waals surface area contributed by atoms with Gasteiger partial charge in [0.15, 0.2) is 5.69 Å². The van der Waals surface area contributed by atoms with Gasteiger partial charge in [-0.1, -0.05) is 11.6 Å². The number of carboxylic acid groups (broad SMARTS) is 1. The molecule has 0 amide bonds. The summed E-state index contributed by atoms with van der Waals surface area (Å²) >= 11 is 7.08. The number of carboxylic acids is 1. The Balaban J connectivity index is 2.07. The average Bonchev–Trinajstić information content (AvgIpc) is 2.96. The summed E-state index contributed by atoms with van der Waals surface area (Å²) < 4.78 is 18.9. The third-order valence-electron chi connectivity index (χ3n) is 3.03. The lowest BCUT2D eigenvalue weighted by molar-refractivity contribution is 0.0691. The van der Waals surface area contributed by atoms with Crippen LogP contribution in [0.4, 0.5) is 4.39 Å². The number of hydrogen-bond donors (Lipinski definition) is 2. The third kappa shape index (κ3) is 3.73. The van der Waals surface area contributed by atoms with E-state index in [2.05, 4.69) is 10.3 Å². The van der Waals surface area contributed by atoms with Crippen molar-refractivity contribution >= 4 is 28.9 Å². The number of carbonyl (C=O) groups is 1. The van der Waals surface area contributed by atoms with Crippen LogP contribution in [0.1, 0.15) is 34.0 Å². The molecule has 2 aromatic rings. The largest absolute Gasteiger partial charge is 0.495 e. The molecule has 1 aromatic heterocycles. The smallest absolute Gasteiger partial charge is 0.355 e. The molecule has 5 nitrogen and oxygen atoms in total. The van der Waals surface area contributed by atoms with Crippen molar-refractivity contribution in [2.45, 2.75) is 19.5 Å². The van der Waals surface area contributed by atoms with Gasteiger partial charge in [0.05, 0.1) is 18.2 Å². The maximum atomic E-state index is 13.9. The minimum Gasteiger partial charge on any atom is -0.495 e. The molecule has 1 heterocycles. The minimum absolute atomic E-state index is 0.00740. The van der Waals surface area contributed by atoms with Gasteiger partial charge in [0.1, 0.15) is 16.6 Å². The van der Waals surface area contributed by atoms with Crippen LogP contribution >= 0.6 is 22.9 Å². The quantitative estimate of drug-likeness (QED) is 0.839. The molecule has 2 rings (SSSR count). The van der Waals surface area contributed by atoms with Crippen molar-refractivity contribution in [3.05, 3.63) is 44.6 Å². The summed E-state index contributed by atoms with van der Waals surface area (Å²) in [7, 11) is 1.46. The molecule has 0 saturated carbocycles. The molecule has 0 spiro atoms. The summed E-state index contributed by atoms with van der Waals surface area (Å²) in [6.45, 7) is 2.07. The molecule has 0 bridgehead atoms. The van der Waals surface area contributed by atoms with Crippen LogP contribution in [0, 0.1) is 5.82 Å². The summed E-state index contributed by atoms with van der Waals surface area (Å²) in [6, 6.07) is 2.52. The number of aromatic nitrogens is 1. The number of benzene rings is 1. The van der Waals surface area contributed by atoms with Crippen LogP contribution < -0.4 is 10.1 Å². The predicted molar refractivity (Wildman–Crippen MR) is 82.3 cm³/mol. The van der Waals surface area contributed by atoms with Crippen molar-refractivity contribution < 1.29 is 19.0 Å². The van der Waals surface area contributed by atoms with E-state index >= 15 is 0 Å². The van der Waals surface area contributed by atoms with Gasteiger partial charge in [0, 0.05) is 17.5 Å². The molecule has 0 aliphatic rings. The summed E-state index contributed by atoms with van der Waals surface area (Å²) in [6.07, 6.45) is 0. The van der Waals surface area contributed by atoms with Crippen molar-refractivity contribution in [3.63, 3.8) is 0 Å². The summed E-state index contributed by atoms with van der Waals surface area (Å²) in [5.41, 5.74) is 0.413. The Hall–Kier alpha value is -1.70. The Bertz CT molecular complexity index is 693. The Morgan fingerprint density at radius 1 is 1.59 bits per heavy atom. The molecule has 1 unspecified atom stereocenters. The Morgan fingerprint density at radius 3 is 2.91 bits per heavy atom. The highest BCUT2D eigenvalue weighted by molar-refractivity contribution is 7.09. The van der Waals surface area contributed by atoms with Gasteiger partial charge in [0.2, 0.25) is 0 Å². The SMILES string of the molecule is COc1cc(CNC(C)c2nc(C(=O)O)cs2)c(F)cc1Cl. The summed E-state index contributed by atoms with van der Waals surface area (Å²) in [4.78, 5) is 14.8. The van der Waals surface area contributed by atoms with Crippen LogP contribution in [-0.2, 0) is 6.54 Å². The molecule has 2 N–H and O–H groups in total. The number of rotatable bonds is 6. The molecular formula is C14H14ClFN2O3S. The molecule has 118 valence electrons. The predicted octanol–water partition coefficient (Wildman–Crippen LogP) is 3.49. The highest BCUT2D eigenvalue weighted by Crippen LogP contribution is 2.28. The molecule has 0 fully saturated rings. The normalized spacial score (nSPS) is 12.2. The maximum absolute atomic E-state index is 13.9. The standard InChI is InChI=1S/C14H14ClFN2O3S/c1-7(13-18-11(6-22-13)14(19)20)17-5-8-3-12(21-2)9(15)4-10(8)16/h3-4,6-7,17H,5H2,1-2H3,(H,19,20).